The molecule has 0 bridgehead atoms. The molecule has 0 amide bonds. The minimum atomic E-state index is -4.96. The number of carbonyl (C=O) groups excluding carboxylic acids is 4. The number of aliphatic hydroxyl groups is 1. The van der Waals surface area contributed by atoms with Gasteiger partial charge in [-0.1, -0.05) is 351 Å². The Hall–Kier alpha value is -1.94. The van der Waals surface area contributed by atoms with Gasteiger partial charge in [0, 0.05) is 25.7 Å². The van der Waals surface area contributed by atoms with Gasteiger partial charge in [0.1, 0.15) is 19.3 Å². The van der Waals surface area contributed by atoms with E-state index < -0.39 is 97.5 Å². The first-order valence-electron chi connectivity index (χ1n) is 40.7. The third kappa shape index (κ3) is 72.4. The van der Waals surface area contributed by atoms with Crippen LogP contribution in [0.2, 0.25) is 0 Å². The summed E-state index contributed by atoms with van der Waals surface area (Å²) in [6.45, 7) is 14.2. The zero-order valence-electron chi connectivity index (χ0n) is 64.4. The van der Waals surface area contributed by atoms with Gasteiger partial charge in [-0.2, -0.15) is 0 Å². The summed E-state index contributed by atoms with van der Waals surface area (Å²) >= 11 is 0. The van der Waals surface area contributed by atoms with Crippen molar-refractivity contribution < 1.29 is 80.2 Å². The minimum absolute atomic E-state index is 0.104. The number of ether oxygens (including phenoxy) is 4. The normalized spacial score (nSPS) is 14.1. The highest BCUT2D eigenvalue weighted by Gasteiger charge is 2.30. The SMILES string of the molecule is CC(C)CCCCCCCCCCCCCCCCCCC(=O)O[C@H](COC(=O)CCCCCCCCCCCCCCCCCC(C)C)COP(=O)(O)OC[C@@H](O)COP(=O)(O)OC[C@@H](COC(=O)CCCCCCCCC(C)C)OC(=O)CCCCCCCCCCCC(C)C. The fraction of sp³-hybridized carbons (Fsp3) is 0.949. The van der Waals surface area contributed by atoms with E-state index in [0.29, 0.717) is 31.6 Å². The maximum Gasteiger partial charge on any atom is 0.472 e. The Balaban J connectivity index is 5.22. The second kappa shape index (κ2) is 68.2. The van der Waals surface area contributed by atoms with Gasteiger partial charge in [0.2, 0.25) is 0 Å². The maximum atomic E-state index is 13.1. The highest BCUT2D eigenvalue weighted by atomic mass is 31.2. The Morgan fingerprint density at radius 1 is 0.255 bits per heavy atom. The molecule has 582 valence electrons. The van der Waals surface area contributed by atoms with Crippen molar-refractivity contribution in [3.05, 3.63) is 0 Å². The number of hydrogen-bond acceptors (Lipinski definition) is 15. The lowest BCUT2D eigenvalue weighted by Crippen LogP contribution is -2.30. The quantitative estimate of drug-likeness (QED) is 0.0222. The molecule has 0 aliphatic heterocycles. The van der Waals surface area contributed by atoms with Crippen molar-refractivity contribution in [3.8, 4) is 0 Å². The number of rotatable bonds is 76. The summed E-state index contributed by atoms with van der Waals surface area (Å²) in [5, 5.41) is 10.6. The average Bonchev–Trinajstić information content (AvgIpc) is 1.60. The number of phosphoric ester groups is 2. The monoisotopic (exact) mass is 1440 g/mol. The van der Waals surface area contributed by atoms with Crippen LogP contribution in [0.1, 0.15) is 402 Å². The predicted molar refractivity (Wildman–Crippen MR) is 400 cm³/mol. The smallest absolute Gasteiger partial charge is 0.462 e. The van der Waals surface area contributed by atoms with Crippen LogP contribution in [-0.4, -0.2) is 96.7 Å². The Morgan fingerprint density at radius 2 is 0.429 bits per heavy atom. The van der Waals surface area contributed by atoms with Crippen molar-refractivity contribution in [2.24, 2.45) is 23.7 Å². The third-order valence-corrected chi connectivity index (χ3v) is 20.2. The number of hydrogen-bond donors (Lipinski definition) is 3. The number of carbonyl (C=O) groups is 4. The van der Waals surface area contributed by atoms with E-state index in [9.17, 15) is 43.2 Å². The molecular weight excluding hydrogens is 1280 g/mol. The Morgan fingerprint density at radius 3 is 0.633 bits per heavy atom. The van der Waals surface area contributed by atoms with E-state index in [1.165, 1.54) is 199 Å². The van der Waals surface area contributed by atoms with Crippen LogP contribution in [0.15, 0.2) is 0 Å². The standard InChI is InChI=1S/C79H154O17P2/c1-69(2)55-47-39-31-25-20-16-12-9-10-14-19-23-29-35-45-53-61-78(83)95-74(65-89-76(81)59-51-43-34-28-22-18-15-11-13-17-21-26-32-40-48-56-70(3)4)67-93-97(85,86)91-63-73(80)64-92-98(87,88)94-68-75(66-90-77(82)60-52-44-38-37-42-50-58-72(7)8)96-79(84)62-54-46-36-30-24-27-33-41-49-57-71(5)6/h69-75,80H,9-68H2,1-8H3,(H,85,86)(H,87,88)/t73-,74-,75-/m1/s1. The molecule has 0 saturated carbocycles. The van der Waals surface area contributed by atoms with Crippen LogP contribution in [0.5, 0.6) is 0 Å². The molecule has 0 heterocycles. The fourth-order valence-corrected chi connectivity index (χ4v) is 13.7. The summed E-state index contributed by atoms with van der Waals surface area (Å²) in [6, 6.07) is 0. The molecule has 19 heteroatoms. The molecule has 0 aromatic heterocycles. The van der Waals surface area contributed by atoms with E-state index in [-0.39, 0.29) is 25.7 Å². The molecule has 2 unspecified atom stereocenters. The third-order valence-electron chi connectivity index (χ3n) is 18.3. The van der Waals surface area contributed by atoms with Crippen molar-refractivity contribution in [2.75, 3.05) is 39.6 Å². The van der Waals surface area contributed by atoms with Crippen LogP contribution in [0.3, 0.4) is 0 Å². The molecule has 0 spiro atoms. The van der Waals surface area contributed by atoms with Crippen LogP contribution >= 0.6 is 15.6 Å². The molecule has 0 rings (SSSR count). The lowest BCUT2D eigenvalue weighted by Gasteiger charge is -2.21. The number of aliphatic hydroxyl groups excluding tert-OH is 1. The Labute approximate surface area is 600 Å². The first-order chi connectivity index (χ1) is 47.1. The summed E-state index contributed by atoms with van der Waals surface area (Å²) < 4.78 is 68.6. The minimum Gasteiger partial charge on any atom is -0.462 e. The predicted octanol–water partition coefficient (Wildman–Crippen LogP) is 23.2. The molecule has 17 nitrogen and oxygen atoms in total. The summed E-state index contributed by atoms with van der Waals surface area (Å²) in [5.74, 6) is 0.912. The first-order valence-corrected chi connectivity index (χ1v) is 43.7. The molecular formula is C79H154O17P2. The van der Waals surface area contributed by atoms with Crippen LogP contribution in [-0.2, 0) is 65.4 Å². The van der Waals surface area contributed by atoms with Gasteiger partial charge in [0.05, 0.1) is 26.4 Å². The van der Waals surface area contributed by atoms with Gasteiger partial charge in [-0.3, -0.25) is 37.3 Å². The molecule has 0 aliphatic carbocycles. The topological polar surface area (TPSA) is 237 Å². The lowest BCUT2D eigenvalue weighted by atomic mass is 10.0. The van der Waals surface area contributed by atoms with Gasteiger partial charge in [-0.15, -0.1) is 0 Å². The van der Waals surface area contributed by atoms with E-state index in [4.69, 9.17) is 37.0 Å². The Kier molecular flexibility index (Phi) is 66.8. The van der Waals surface area contributed by atoms with Gasteiger partial charge in [0.25, 0.3) is 0 Å². The second-order valence-corrected chi connectivity index (χ2v) is 33.3. The molecule has 0 saturated heterocycles. The van der Waals surface area contributed by atoms with Crippen LogP contribution in [0.4, 0.5) is 0 Å². The van der Waals surface area contributed by atoms with E-state index in [1.807, 2.05) is 0 Å². The van der Waals surface area contributed by atoms with Crippen molar-refractivity contribution in [1.82, 2.24) is 0 Å². The summed E-state index contributed by atoms with van der Waals surface area (Å²) in [5.41, 5.74) is 0. The molecule has 0 aliphatic rings. The Bertz CT molecular complexity index is 1920. The van der Waals surface area contributed by atoms with Crippen LogP contribution < -0.4 is 0 Å². The van der Waals surface area contributed by atoms with E-state index >= 15 is 0 Å². The van der Waals surface area contributed by atoms with Gasteiger partial charge in [-0.25, -0.2) is 9.13 Å². The first kappa shape index (κ1) is 96.1. The van der Waals surface area contributed by atoms with E-state index in [1.54, 1.807) is 0 Å². The van der Waals surface area contributed by atoms with Crippen LogP contribution in [0.25, 0.3) is 0 Å². The van der Waals surface area contributed by atoms with Crippen molar-refractivity contribution in [1.29, 1.82) is 0 Å². The van der Waals surface area contributed by atoms with Gasteiger partial charge in [0.15, 0.2) is 12.2 Å². The zero-order chi connectivity index (χ0) is 72.4. The number of esters is 4. The second-order valence-electron chi connectivity index (χ2n) is 30.4. The van der Waals surface area contributed by atoms with Gasteiger partial charge in [-0.05, 0) is 49.4 Å². The zero-order valence-corrected chi connectivity index (χ0v) is 66.2. The maximum absolute atomic E-state index is 13.1. The molecule has 0 fully saturated rings. The lowest BCUT2D eigenvalue weighted by molar-refractivity contribution is -0.161. The highest BCUT2D eigenvalue weighted by molar-refractivity contribution is 7.47. The largest absolute Gasteiger partial charge is 0.472 e. The molecule has 0 aromatic carbocycles. The number of unbranched alkanes of at least 4 members (excludes halogenated alkanes) is 42. The summed E-state index contributed by atoms with van der Waals surface area (Å²) in [4.78, 5) is 72.9. The highest BCUT2D eigenvalue weighted by Crippen LogP contribution is 2.45. The molecule has 3 N–H and O–H groups in total. The fourth-order valence-electron chi connectivity index (χ4n) is 12.1. The van der Waals surface area contributed by atoms with E-state index in [0.717, 1.165) is 114 Å². The van der Waals surface area contributed by atoms with Gasteiger partial charge >= 0.3 is 39.5 Å². The molecule has 5 atom stereocenters. The molecule has 0 radical (unpaired) electrons. The van der Waals surface area contributed by atoms with Crippen molar-refractivity contribution >= 4 is 39.5 Å². The van der Waals surface area contributed by atoms with E-state index in [2.05, 4.69) is 55.4 Å². The van der Waals surface area contributed by atoms with Crippen molar-refractivity contribution in [3.63, 3.8) is 0 Å². The molecule has 0 aromatic rings. The van der Waals surface area contributed by atoms with Crippen molar-refractivity contribution in [2.45, 2.75) is 420 Å². The number of phosphoric acid groups is 2. The van der Waals surface area contributed by atoms with Crippen LogP contribution in [0, 0.1) is 23.7 Å². The average molecular weight is 1440 g/mol. The van der Waals surface area contributed by atoms with Gasteiger partial charge < -0.3 is 33.8 Å². The summed E-state index contributed by atoms with van der Waals surface area (Å²) in [6.07, 6.45) is 54.4. The summed E-state index contributed by atoms with van der Waals surface area (Å²) in [7, 11) is -9.92. The molecule has 98 heavy (non-hydrogen) atoms.